The predicted molar refractivity (Wildman–Crippen MR) is 92.6 cm³/mol. The Labute approximate surface area is 137 Å². The Bertz CT molecular complexity index is 709. The van der Waals surface area contributed by atoms with Gasteiger partial charge < -0.3 is 4.74 Å². The molecule has 0 bridgehead atoms. The molecule has 0 heterocycles. The molecule has 120 valence electrons. The largest absolute Gasteiger partial charge is 0.367 e. The summed E-state index contributed by atoms with van der Waals surface area (Å²) in [5.41, 5.74) is 7.97. The molecule has 0 fully saturated rings. The Kier molecular flexibility index (Phi) is 5.66. The Morgan fingerprint density at radius 2 is 1.78 bits per heavy atom. The van der Waals surface area contributed by atoms with E-state index in [1.165, 1.54) is 18.2 Å². The van der Waals surface area contributed by atoms with Gasteiger partial charge in [0.15, 0.2) is 6.10 Å². The normalized spacial score (nSPS) is 12.3. The molecule has 1 N–H and O–H groups in total. The highest BCUT2D eigenvalue weighted by atomic mass is 16.5. The molecule has 1 amide bonds. The number of nitrogens with zero attached hydrogens (tertiary/aromatic N) is 1. The lowest BCUT2D eigenvalue weighted by molar-refractivity contribution is -0.131. The van der Waals surface area contributed by atoms with Crippen LogP contribution >= 0.6 is 0 Å². The van der Waals surface area contributed by atoms with Crippen LogP contribution in [0.25, 0.3) is 0 Å². The molecule has 0 spiro atoms. The maximum absolute atomic E-state index is 12.2. The number of methoxy groups -OCH3 is 1. The number of carbonyl (C=O) groups is 1. The predicted octanol–water partition coefficient (Wildman–Crippen LogP) is 3.45. The van der Waals surface area contributed by atoms with E-state index in [2.05, 4.69) is 24.4 Å². The van der Waals surface area contributed by atoms with Gasteiger partial charge in [-0.25, -0.2) is 5.43 Å². The van der Waals surface area contributed by atoms with Gasteiger partial charge in [0, 0.05) is 7.11 Å². The number of hydrazone groups is 1. The monoisotopic (exact) mass is 310 g/mol. The summed E-state index contributed by atoms with van der Waals surface area (Å²) >= 11 is 0. The molecule has 0 saturated carbocycles. The summed E-state index contributed by atoms with van der Waals surface area (Å²) in [6.45, 7) is 6.21. The van der Waals surface area contributed by atoms with Crippen LogP contribution in [0, 0.1) is 20.8 Å². The first kappa shape index (κ1) is 16.9. The lowest BCUT2D eigenvalue weighted by atomic mass is 10.00. The van der Waals surface area contributed by atoms with E-state index in [9.17, 15) is 4.79 Å². The minimum absolute atomic E-state index is 0.295. The van der Waals surface area contributed by atoms with Gasteiger partial charge in [-0.15, -0.1) is 0 Å². The molecule has 4 heteroatoms. The second-order valence-corrected chi connectivity index (χ2v) is 5.48. The highest BCUT2D eigenvalue weighted by molar-refractivity contribution is 5.86. The van der Waals surface area contributed by atoms with Crippen LogP contribution in [0.4, 0.5) is 0 Å². The van der Waals surface area contributed by atoms with E-state index in [0.29, 0.717) is 0 Å². The Balaban J connectivity index is 2.08. The third-order valence-electron chi connectivity index (χ3n) is 4.05. The lowest BCUT2D eigenvalue weighted by Gasteiger charge is -2.13. The summed E-state index contributed by atoms with van der Waals surface area (Å²) in [7, 11) is 1.51. The van der Waals surface area contributed by atoms with Crippen molar-refractivity contribution < 1.29 is 9.53 Å². The molecule has 2 aromatic rings. The summed E-state index contributed by atoms with van der Waals surface area (Å²) < 4.78 is 5.27. The standard InChI is InChI=1S/C19H22N2O2/c1-13-10-11-17(15(3)14(13)2)12-20-21-19(22)18(23-4)16-8-6-5-7-9-16/h5-12,18H,1-4H3,(H,21,22)/b20-12-/t18-/m1/s1. The van der Waals surface area contributed by atoms with Gasteiger partial charge >= 0.3 is 0 Å². The van der Waals surface area contributed by atoms with Crippen molar-refractivity contribution >= 4 is 12.1 Å². The fourth-order valence-electron chi connectivity index (χ4n) is 2.36. The summed E-state index contributed by atoms with van der Waals surface area (Å²) in [5, 5.41) is 4.06. The number of hydrogen-bond donors (Lipinski definition) is 1. The number of rotatable bonds is 5. The highest BCUT2D eigenvalue weighted by Crippen LogP contribution is 2.17. The smallest absolute Gasteiger partial charge is 0.273 e. The van der Waals surface area contributed by atoms with E-state index >= 15 is 0 Å². The van der Waals surface area contributed by atoms with Gasteiger partial charge in [-0.1, -0.05) is 42.5 Å². The molecule has 0 aromatic heterocycles. The zero-order chi connectivity index (χ0) is 16.8. The third-order valence-corrected chi connectivity index (χ3v) is 4.05. The molecule has 0 aliphatic carbocycles. The van der Waals surface area contributed by atoms with Gasteiger partial charge in [-0.3, -0.25) is 4.79 Å². The summed E-state index contributed by atoms with van der Waals surface area (Å²) in [5.74, 6) is -0.295. The first-order valence-electron chi connectivity index (χ1n) is 7.52. The number of aryl methyl sites for hydroxylation is 1. The van der Waals surface area contributed by atoms with E-state index in [1.54, 1.807) is 6.21 Å². The number of hydrogen-bond acceptors (Lipinski definition) is 3. The highest BCUT2D eigenvalue weighted by Gasteiger charge is 2.19. The van der Waals surface area contributed by atoms with Crippen LogP contribution in [0.1, 0.15) is 33.9 Å². The SMILES string of the molecule is CO[C@@H](C(=O)N/N=C\c1ccc(C)c(C)c1C)c1ccccc1. The zero-order valence-corrected chi connectivity index (χ0v) is 14.0. The second-order valence-electron chi connectivity index (χ2n) is 5.48. The minimum Gasteiger partial charge on any atom is -0.367 e. The van der Waals surface area contributed by atoms with Gasteiger partial charge in [-0.05, 0) is 48.6 Å². The molecule has 23 heavy (non-hydrogen) atoms. The van der Waals surface area contributed by atoms with E-state index in [-0.39, 0.29) is 5.91 Å². The van der Waals surface area contributed by atoms with Crippen molar-refractivity contribution in [3.8, 4) is 0 Å². The Morgan fingerprint density at radius 3 is 2.43 bits per heavy atom. The van der Waals surface area contributed by atoms with Gasteiger partial charge in [0.05, 0.1) is 6.21 Å². The first-order chi connectivity index (χ1) is 11.0. The van der Waals surface area contributed by atoms with Crippen molar-refractivity contribution in [1.29, 1.82) is 0 Å². The maximum atomic E-state index is 12.2. The number of ether oxygens (including phenoxy) is 1. The Morgan fingerprint density at radius 1 is 1.09 bits per heavy atom. The molecule has 2 aromatic carbocycles. The molecular formula is C19H22N2O2. The van der Waals surface area contributed by atoms with E-state index in [0.717, 1.165) is 16.7 Å². The van der Waals surface area contributed by atoms with Crippen LogP contribution in [-0.4, -0.2) is 19.2 Å². The fourth-order valence-corrected chi connectivity index (χ4v) is 2.36. The third kappa shape index (κ3) is 4.05. The number of amides is 1. The van der Waals surface area contributed by atoms with E-state index in [4.69, 9.17) is 4.74 Å². The van der Waals surface area contributed by atoms with Gasteiger partial charge in [0.2, 0.25) is 0 Å². The number of carbonyl (C=O) groups excluding carboxylic acids is 1. The summed E-state index contributed by atoms with van der Waals surface area (Å²) in [4.78, 5) is 12.2. The maximum Gasteiger partial charge on any atom is 0.273 e. The molecule has 4 nitrogen and oxygen atoms in total. The molecular weight excluding hydrogens is 288 g/mol. The second kappa shape index (κ2) is 7.70. The van der Waals surface area contributed by atoms with Crippen LogP contribution in [0.3, 0.4) is 0 Å². The summed E-state index contributed by atoms with van der Waals surface area (Å²) in [6.07, 6.45) is 0.992. The Hall–Kier alpha value is -2.46. The average molecular weight is 310 g/mol. The van der Waals surface area contributed by atoms with Crippen molar-refractivity contribution in [1.82, 2.24) is 5.43 Å². The van der Waals surface area contributed by atoms with E-state index < -0.39 is 6.10 Å². The summed E-state index contributed by atoms with van der Waals surface area (Å²) in [6, 6.07) is 13.4. The molecule has 0 unspecified atom stereocenters. The van der Waals surface area contributed by atoms with Crippen LogP contribution < -0.4 is 5.43 Å². The molecule has 2 rings (SSSR count). The van der Waals surface area contributed by atoms with Crippen molar-refractivity contribution in [3.63, 3.8) is 0 Å². The van der Waals surface area contributed by atoms with Crippen LogP contribution in [0.5, 0.6) is 0 Å². The van der Waals surface area contributed by atoms with Gasteiger partial charge in [-0.2, -0.15) is 5.10 Å². The van der Waals surface area contributed by atoms with E-state index in [1.807, 2.05) is 49.4 Å². The number of nitrogens with one attached hydrogen (secondary N) is 1. The van der Waals surface area contributed by atoms with Crippen molar-refractivity contribution in [3.05, 3.63) is 70.3 Å². The first-order valence-corrected chi connectivity index (χ1v) is 7.52. The number of benzene rings is 2. The zero-order valence-electron chi connectivity index (χ0n) is 14.0. The molecule has 1 atom stereocenters. The quantitative estimate of drug-likeness (QED) is 0.679. The van der Waals surface area contributed by atoms with Crippen LogP contribution in [-0.2, 0) is 9.53 Å². The van der Waals surface area contributed by atoms with Gasteiger partial charge in [0.1, 0.15) is 0 Å². The van der Waals surface area contributed by atoms with Crippen LogP contribution in [0.2, 0.25) is 0 Å². The topological polar surface area (TPSA) is 50.7 Å². The minimum atomic E-state index is -0.672. The molecule has 0 radical (unpaired) electrons. The average Bonchev–Trinajstić information content (AvgIpc) is 2.56. The van der Waals surface area contributed by atoms with Crippen molar-refractivity contribution in [2.24, 2.45) is 5.10 Å². The molecule has 0 aliphatic heterocycles. The van der Waals surface area contributed by atoms with Crippen molar-refractivity contribution in [2.75, 3.05) is 7.11 Å². The van der Waals surface area contributed by atoms with Gasteiger partial charge in [0.25, 0.3) is 5.91 Å². The van der Waals surface area contributed by atoms with Crippen LogP contribution in [0.15, 0.2) is 47.6 Å². The lowest BCUT2D eigenvalue weighted by Crippen LogP contribution is -2.26. The van der Waals surface area contributed by atoms with Crippen molar-refractivity contribution in [2.45, 2.75) is 26.9 Å². The molecule has 0 aliphatic rings. The molecule has 0 saturated heterocycles. The fraction of sp³-hybridized carbons (Fsp3) is 0.263.